The molecule has 0 fully saturated rings. The minimum absolute atomic E-state index is 0.0591. The fourth-order valence-electron chi connectivity index (χ4n) is 2.95. The Hall–Kier alpha value is -2.11. The van der Waals surface area contributed by atoms with E-state index in [9.17, 15) is 9.59 Å². The summed E-state index contributed by atoms with van der Waals surface area (Å²) in [6, 6.07) is 5.86. The molecule has 0 bridgehead atoms. The maximum absolute atomic E-state index is 15.2. The number of carbonyl (C=O) groups is 2. The number of halogens is 2. The predicted octanol–water partition coefficient (Wildman–Crippen LogP) is 4.51. The largest absolute Gasteiger partial charge is 0.307 e. The summed E-state index contributed by atoms with van der Waals surface area (Å²) in [5.41, 5.74) is 0.479. The quantitative estimate of drug-likeness (QED) is 0.688. The highest BCUT2D eigenvalue weighted by Gasteiger charge is 2.25. The number of ketones is 2. The van der Waals surface area contributed by atoms with Crippen LogP contribution in [0.4, 0.5) is 4.39 Å². The molecule has 1 aromatic carbocycles. The predicted molar refractivity (Wildman–Crippen MR) is 100 cm³/mol. The molecule has 0 spiro atoms. The molecule has 0 unspecified atom stereocenters. The third-order valence-corrected chi connectivity index (χ3v) is 4.45. The molecule has 0 aliphatic carbocycles. The third kappa shape index (κ3) is 4.74. The molecule has 1 N–H and O–H groups in total. The van der Waals surface area contributed by atoms with Crippen LogP contribution in [0, 0.1) is 5.82 Å². The lowest BCUT2D eigenvalue weighted by Crippen LogP contribution is -2.32. The molecule has 2 atom stereocenters. The summed E-state index contributed by atoms with van der Waals surface area (Å²) in [4.78, 5) is 27.9. The van der Waals surface area contributed by atoms with E-state index in [0.717, 1.165) is 0 Å². The molecular formula is C20H22ClFN2O2. The first-order valence-electron chi connectivity index (χ1n) is 8.53. The van der Waals surface area contributed by atoms with Crippen LogP contribution in [0.25, 0.3) is 0 Å². The van der Waals surface area contributed by atoms with Gasteiger partial charge in [-0.3, -0.25) is 14.6 Å². The molecule has 0 aliphatic heterocycles. The van der Waals surface area contributed by atoms with Gasteiger partial charge >= 0.3 is 0 Å². The smallest absolute Gasteiger partial charge is 0.199 e. The fraction of sp³-hybridized carbons (Fsp3) is 0.350. The molecule has 0 radical (unpaired) electrons. The SMILES string of the molecule is CC[C@@H](N[C@@H](C)CC(C)=O)c1ccc(Cl)c(C(=O)c2cccnc2)c1F. The molecule has 4 nitrogen and oxygen atoms in total. The van der Waals surface area contributed by atoms with E-state index in [1.807, 2.05) is 13.8 Å². The zero-order valence-corrected chi connectivity index (χ0v) is 15.8. The highest BCUT2D eigenvalue weighted by Crippen LogP contribution is 2.30. The summed E-state index contributed by atoms with van der Waals surface area (Å²) in [7, 11) is 0. The minimum Gasteiger partial charge on any atom is -0.307 e. The van der Waals surface area contributed by atoms with E-state index in [0.29, 0.717) is 18.4 Å². The lowest BCUT2D eigenvalue weighted by molar-refractivity contribution is -0.117. The fourth-order valence-corrected chi connectivity index (χ4v) is 3.18. The average Bonchev–Trinajstić information content (AvgIpc) is 2.60. The summed E-state index contributed by atoms with van der Waals surface area (Å²) in [6.45, 7) is 5.31. The van der Waals surface area contributed by atoms with Crippen molar-refractivity contribution in [2.45, 2.75) is 45.7 Å². The van der Waals surface area contributed by atoms with Crippen LogP contribution in [-0.2, 0) is 4.79 Å². The number of carbonyl (C=O) groups excluding carboxylic acids is 2. The Kier molecular flexibility index (Phi) is 7.00. The van der Waals surface area contributed by atoms with E-state index in [-0.39, 0.29) is 34.0 Å². The van der Waals surface area contributed by atoms with Gasteiger partial charge in [-0.1, -0.05) is 24.6 Å². The average molecular weight is 377 g/mol. The van der Waals surface area contributed by atoms with Gasteiger partial charge in [0, 0.05) is 42.0 Å². The first kappa shape index (κ1) is 20.2. The number of Topliss-reactive ketones (excluding diaryl/α,β-unsaturated/α-hetero) is 1. The van der Waals surface area contributed by atoms with Gasteiger partial charge in [-0.05, 0) is 38.5 Å². The molecule has 0 saturated carbocycles. The van der Waals surface area contributed by atoms with Crippen molar-refractivity contribution in [1.82, 2.24) is 10.3 Å². The zero-order chi connectivity index (χ0) is 19.3. The van der Waals surface area contributed by atoms with Crippen molar-refractivity contribution >= 4 is 23.2 Å². The number of hydrogen-bond acceptors (Lipinski definition) is 4. The number of rotatable bonds is 8. The summed E-state index contributed by atoms with van der Waals surface area (Å²) < 4.78 is 15.2. The number of benzene rings is 1. The monoisotopic (exact) mass is 376 g/mol. The van der Waals surface area contributed by atoms with Gasteiger partial charge in [0.2, 0.25) is 0 Å². The Morgan fingerprint density at radius 2 is 2.04 bits per heavy atom. The van der Waals surface area contributed by atoms with E-state index < -0.39 is 11.6 Å². The van der Waals surface area contributed by atoms with Gasteiger partial charge in [-0.2, -0.15) is 0 Å². The van der Waals surface area contributed by atoms with Gasteiger partial charge in [0.1, 0.15) is 11.6 Å². The van der Waals surface area contributed by atoms with Gasteiger partial charge in [0.15, 0.2) is 5.78 Å². The van der Waals surface area contributed by atoms with Crippen molar-refractivity contribution in [1.29, 1.82) is 0 Å². The Morgan fingerprint density at radius 3 is 2.62 bits per heavy atom. The summed E-state index contributed by atoms with van der Waals surface area (Å²) in [5, 5.41) is 3.31. The summed E-state index contributed by atoms with van der Waals surface area (Å²) in [6.07, 6.45) is 3.88. The van der Waals surface area contributed by atoms with E-state index in [1.54, 1.807) is 24.4 Å². The first-order valence-corrected chi connectivity index (χ1v) is 8.91. The second-order valence-corrected chi connectivity index (χ2v) is 6.74. The third-order valence-electron chi connectivity index (χ3n) is 4.13. The van der Waals surface area contributed by atoms with Crippen LogP contribution in [0.2, 0.25) is 5.02 Å². The molecule has 2 rings (SSSR count). The molecule has 2 aromatic rings. The normalized spacial score (nSPS) is 13.3. The van der Waals surface area contributed by atoms with E-state index in [4.69, 9.17) is 11.6 Å². The van der Waals surface area contributed by atoms with E-state index >= 15 is 4.39 Å². The van der Waals surface area contributed by atoms with Gasteiger partial charge in [-0.15, -0.1) is 0 Å². The van der Waals surface area contributed by atoms with Crippen LogP contribution in [0.15, 0.2) is 36.7 Å². The Labute approximate surface area is 157 Å². The Morgan fingerprint density at radius 1 is 1.31 bits per heavy atom. The summed E-state index contributed by atoms with van der Waals surface area (Å²) in [5.74, 6) is -1.08. The summed E-state index contributed by atoms with van der Waals surface area (Å²) >= 11 is 6.12. The number of aromatic nitrogens is 1. The molecule has 138 valence electrons. The topological polar surface area (TPSA) is 59.1 Å². The van der Waals surface area contributed by atoms with Gasteiger partial charge < -0.3 is 5.32 Å². The standard InChI is InChI=1S/C20H22ClFN2O2/c1-4-17(24-12(2)10-13(3)25)15-7-8-16(21)18(19(15)22)20(26)14-6-5-9-23-11-14/h5-9,11-12,17,24H,4,10H2,1-3H3/t12-,17+/m0/s1. The van der Waals surface area contributed by atoms with Gasteiger partial charge in [0.05, 0.1) is 10.6 Å². The Balaban J connectivity index is 2.38. The van der Waals surface area contributed by atoms with Crippen LogP contribution < -0.4 is 5.32 Å². The van der Waals surface area contributed by atoms with Gasteiger partial charge in [-0.25, -0.2) is 4.39 Å². The van der Waals surface area contributed by atoms with Crippen molar-refractivity contribution < 1.29 is 14.0 Å². The first-order chi connectivity index (χ1) is 12.3. The number of hydrogen-bond donors (Lipinski definition) is 1. The second kappa shape index (κ2) is 9.01. The lowest BCUT2D eigenvalue weighted by Gasteiger charge is -2.23. The van der Waals surface area contributed by atoms with Crippen molar-refractivity contribution in [2.24, 2.45) is 0 Å². The van der Waals surface area contributed by atoms with E-state index in [2.05, 4.69) is 10.3 Å². The van der Waals surface area contributed by atoms with Crippen molar-refractivity contribution in [3.05, 3.63) is 64.2 Å². The minimum atomic E-state index is -0.638. The molecule has 6 heteroatoms. The molecule has 1 heterocycles. The van der Waals surface area contributed by atoms with Crippen molar-refractivity contribution in [2.75, 3.05) is 0 Å². The van der Waals surface area contributed by atoms with E-state index in [1.165, 1.54) is 19.2 Å². The lowest BCUT2D eigenvalue weighted by atomic mass is 9.96. The van der Waals surface area contributed by atoms with Crippen LogP contribution >= 0.6 is 11.6 Å². The van der Waals surface area contributed by atoms with Crippen LogP contribution in [0.1, 0.15) is 61.1 Å². The highest BCUT2D eigenvalue weighted by atomic mass is 35.5. The molecular weight excluding hydrogens is 355 g/mol. The Bertz CT molecular complexity index is 796. The molecule has 0 aliphatic rings. The molecule has 26 heavy (non-hydrogen) atoms. The van der Waals surface area contributed by atoms with Crippen molar-refractivity contribution in [3.63, 3.8) is 0 Å². The number of pyridine rings is 1. The molecule has 0 amide bonds. The highest BCUT2D eigenvalue weighted by molar-refractivity contribution is 6.35. The van der Waals surface area contributed by atoms with Crippen LogP contribution in [-0.4, -0.2) is 22.6 Å². The molecule has 0 saturated heterocycles. The maximum Gasteiger partial charge on any atom is 0.199 e. The second-order valence-electron chi connectivity index (χ2n) is 6.33. The van der Waals surface area contributed by atoms with Crippen LogP contribution in [0.5, 0.6) is 0 Å². The van der Waals surface area contributed by atoms with Crippen molar-refractivity contribution in [3.8, 4) is 0 Å². The zero-order valence-electron chi connectivity index (χ0n) is 15.1. The maximum atomic E-state index is 15.2. The van der Waals surface area contributed by atoms with Gasteiger partial charge in [0.25, 0.3) is 0 Å². The number of nitrogens with zero attached hydrogens (tertiary/aromatic N) is 1. The molecule has 1 aromatic heterocycles. The number of nitrogens with one attached hydrogen (secondary N) is 1. The van der Waals surface area contributed by atoms with Crippen LogP contribution in [0.3, 0.4) is 0 Å².